The number of ketones is 2. The number of fused-ring (bicyclic) bond motifs is 1. The van der Waals surface area contributed by atoms with E-state index in [9.17, 15) is 28.8 Å². The van der Waals surface area contributed by atoms with Crippen molar-refractivity contribution in [2.45, 2.75) is 0 Å². The molecule has 0 unspecified atom stereocenters. The average Bonchev–Trinajstić information content (AvgIpc) is 3.48. The summed E-state index contributed by atoms with van der Waals surface area (Å²) in [5.41, 5.74) is 4.51. The molecule has 4 amide bonds. The Kier molecular flexibility index (Phi) is 10.3. The predicted octanol–water partition coefficient (Wildman–Crippen LogP) is 8.78. The lowest BCUT2D eigenvalue weighted by Gasteiger charge is -2.15. The van der Waals surface area contributed by atoms with Crippen molar-refractivity contribution in [2.24, 2.45) is 0 Å². The molecular weight excluding hydrogens is 691 g/mol. The normalized spacial score (nSPS) is 12.2. The highest BCUT2D eigenvalue weighted by molar-refractivity contribution is 6.35. The first-order valence-electron chi connectivity index (χ1n) is 17.2. The maximum absolute atomic E-state index is 13.6. The SMILES string of the molecule is O=C(/C=C/c1ccc(NC(=O)c2cccc(N3C(=O)c4ccc(C(=O)Nc5ccc(/C=C/C(=O)c6ccccc6)cc5)cc4C3=O)c2)cc1)c1ccccc1. The van der Waals surface area contributed by atoms with Crippen LogP contribution in [0, 0.1) is 0 Å². The third-order valence-corrected chi connectivity index (χ3v) is 8.82. The zero-order valence-electron chi connectivity index (χ0n) is 29.1. The van der Waals surface area contributed by atoms with Gasteiger partial charge in [-0.15, -0.1) is 0 Å². The lowest BCUT2D eigenvalue weighted by Crippen LogP contribution is -2.29. The molecule has 0 radical (unpaired) electrons. The van der Waals surface area contributed by atoms with Crippen LogP contribution in [0.1, 0.15) is 73.3 Å². The Hall–Kier alpha value is -7.78. The third-order valence-electron chi connectivity index (χ3n) is 8.82. The Labute approximate surface area is 316 Å². The average molecular weight is 722 g/mol. The molecule has 0 spiro atoms. The minimum Gasteiger partial charge on any atom is -0.322 e. The lowest BCUT2D eigenvalue weighted by atomic mass is 10.1. The molecule has 266 valence electrons. The van der Waals surface area contributed by atoms with E-state index in [1.165, 1.54) is 36.4 Å². The second-order valence-corrected chi connectivity index (χ2v) is 12.5. The number of anilines is 3. The standard InChI is InChI=1S/C46H31N3O6/c50-41(32-8-3-1-4-9-32)26-18-30-14-21-36(22-15-30)47-43(52)34-12-7-13-38(28-34)49-45(54)39-25-20-35(29-40(39)46(49)55)44(53)48-37-23-16-31(17-24-37)19-27-42(51)33-10-5-2-6-11-33/h1-29H,(H,47,52)(H,48,53)/b26-18+,27-19+. The fourth-order valence-corrected chi connectivity index (χ4v) is 5.91. The maximum Gasteiger partial charge on any atom is 0.266 e. The van der Waals surface area contributed by atoms with Crippen LogP contribution in [0.4, 0.5) is 17.1 Å². The van der Waals surface area contributed by atoms with Gasteiger partial charge in [0.25, 0.3) is 23.6 Å². The Morgan fingerprint density at radius 1 is 0.436 bits per heavy atom. The van der Waals surface area contributed by atoms with Gasteiger partial charge in [-0.2, -0.15) is 0 Å². The minimum atomic E-state index is -0.622. The summed E-state index contributed by atoms with van der Waals surface area (Å²) in [7, 11) is 0. The summed E-state index contributed by atoms with van der Waals surface area (Å²) in [6, 6.07) is 42.1. The van der Waals surface area contributed by atoms with Crippen LogP contribution in [-0.2, 0) is 0 Å². The fourth-order valence-electron chi connectivity index (χ4n) is 5.91. The molecule has 6 aromatic carbocycles. The van der Waals surface area contributed by atoms with Gasteiger partial charge in [0, 0.05) is 33.6 Å². The third kappa shape index (κ3) is 8.16. The van der Waals surface area contributed by atoms with Crippen LogP contribution in [0.5, 0.6) is 0 Å². The molecule has 1 heterocycles. The van der Waals surface area contributed by atoms with Crippen molar-refractivity contribution in [3.8, 4) is 0 Å². The second-order valence-electron chi connectivity index (χ2n) is 12.5. The van der Waals surface area contributed by atoms with Gasteiger partial charge in [0.1, 0.15) is 0 Å². The summed E-state index contributed by atoms with van der Waals surface area (Å²) in [6.45, 7) is 0. The highest BCUT2D eigenvalue weighted by atomic mass is 16.2. The first-order chi connectivity index (χ1) is 26.7. The molecule has 0 aromatic heterocycles. The van der Waals surface area contributed by atoms with Crippen molar-refractivity contribution < 1.29 is 28.8 Å². The number of hydrogen-bond acceptors (Lipinski definition) is 6. The Balaban J connectivity index is 0.979. The van der Waals surface area contributed by atoms with Gasteiger partial charge in [-0.3, -0.25) is 28.8 Å². The van der Waals surface area contributed by atoms with Gasteiger partial charge in [-0.25, -0.2) is 4.90 Å². The number of nitrogens with zero attached hydrogens (tertiary/aromatic N) is 1. The zero-order chi connectivity index (χ0) is 38.3. The summed E-state index contributed by atoms with van der Waals surface area (Å²) < 4.78 is 0. The summed E-state index contributed by atoms with van der Waals surface area (Å²) in [4.78, 5) is 79.1. The minimum absolute atomic E-state index is 0.0654. The molecule has 9 nitrogen and oxygen atoms in total. The van der Waals surface area contributed by atoms with Crippen LogP contribution in [0.3, 0.4) is 0 Å². The van der Waals surface area contributed by atoms with Gasteiger partial charge in [0.2, 0.25) is 0 Å². The lowest BCUT2D eigenvalue weighted by molar-refractivity contribution is 0.0922. The van der Waals surface area contributed by atoms with E-state index in [4.69, 9.17) is 0 Å². The van der Waals surface area contributed by atoms with E-state index in [1.807, 2.05) is 12.1 Å². The number of allylic oxidation sites excluding steroid dienone is 2. The van der Waals surface area contributed by atoms with Crippen molar-refractivity contribution in [3.05, 3.63) is 208 Å². The van der Waals surface area contributed by atoms with Crippen LogP contribution >= 0.6 is 0 Å². The number of amides is 4. The molecule has 1 aliphatic rings. The quantitative estimate of drug-likeness (QED) is 0.0782. The molecule has 0 saturated heterocycles. The van der Waals surface area contributed by atoms with E-state index < -0.39 is 23.6 Å². The Bertz CT molecular complexity index is 2520. The molecule has 0 aliphatic carbocycles. The number of rotatable bonds is 11. The number of carbonyl (C=O) groups is 6. The number of benzene rings is 6. The first kappa shape index (κ1) is 35.6. The number of imide groups is 1. The molecular formula is C46H31N3O6. The monoisotopic (exact) mass is 721 g/mol. The van der Waals surface area contributed by atoms with E-state index >= 15 is 0 Å². The molecule has 2 N–H and O–H groups in total. The second kappa shape index (κ2) is 15.9. The van der Waals surface area contributed by atoms with Gasteiger partial charge in [0.15, 0.2) is 11.6 Å². The number of nitrogens with one attached hydrogen (secondary N) is 2. The molecule has 0 saturated carbocycles. The van der Waals surface area contributed by atoms with Gasteiger partial charge in [0.05, 0.1) is 16.8 Å². The van der Waals surface area contributed by atoms with E-state index in [1.54, 1.807) is 127 Å². The van der Waals surface area contributed by atoms with Gasteiger partial charge in [-0.1, -0.05) is 103 Å². The number of hydrogen-bond donors (Lipinski definition) is 2. The molecule has 55 heavy (non-hydrogen) atoms. The predicted molar refractivity (Wildman–Crippen MR) is 212 cm³/mol. The smallest absolute Gasteiger partial charge is 0.266 e. The Morgan fingerprint density at radius 2 is 0.891 bits per heavy atom. The van der Waals surface area contributed by atoms with E-state index in [0.717, 1.165) is 16.0 Å². The van der Waals surface area contributed by atoms with E-state index in [0.29, 0.717) is 22.5 Å². The largest absolute Gasteiger partial charge is 0.322 e. The summed E-state index contributed by atoms with van der Waals surface area (Å²) in [5.74, 6) is -2.38. The molecule has 6 aromatic rings. The van der Waals surface area contributed by atoms with Crippen molar-refractivity contribution >= 4 is 64.4 Å². The topological polar surface area (TPSA) is 130 Å². The van der Waals surface area contributed by atoms with Crippen LogP contribution in [0.15, 0.2) is 164 Å². The molecule has 1 aliphatic heterocycles. The van der Waals surface area contributed by atoms with Crippen LogP contribution in [-0.4, -0.2) is 35.2 Å². The molecule has 9 heteroatoms. The fraction of sp³-hybridized carbons (Fsp3) is 0. The molecule has 7 rings (SSSR count). The van der Waals surface area contributed by atoms with E-state index in [-0.39, 0.29) is 39.5 Å². The maximum atomic E-state index is 13.6. The van der Waals surface area contributed by atoms with Gasteiger partial charge in [-0.05, 0) is 83.9 Å². The van der Waals surface area contributed by atoms with E-state index in [2.05, 4.69) is 10.6 Å². The Morgan fingerprint density at radius 3 is 1.40 bits per heavy atom. The molecule has 0 fully saturated rings. The van der Waals surface area contributed by atoms with Crippen molar-refractivity contribution in [1.82, 2.24) is 0 Å². The van der Waals surface area contributed by atoms with Crippen LogP contribution in [0.25, 0.3) is 12.2 Å². The molecule has 0 bridgehead atoms. The summed E-state index contributed by atoms with van der Waals surface area (Å²) in [5, 5.41) is 5.61. The highest BCUT2D eigenvalue weighted by Gasteiger charge is 2.37. The highest BCUT2D eigenvalue weighted by Crippen LogP contribution is 2.30. The van der Waals surface area contributed by atoms with Crippen molar-refractivity contribution in [3.63, 3.8) is 0 Å². The summed E-state index contributed by atoms with van der Waals surface area (Å²) >= 11 is 0. The molecule has 0 atom stereocenters. The van der Waals surface area contributed by atoms with Gasteiger partial charge >= 0.3 is 0 Å². The number of carbonyl (C=O) groups excluding carboxylic acids is 6. The van der Waals surface area contributed by atoms with Crippen molar-refractivity contribution in [2.75, 3.05) is 15.5 Å². The van der Waals surface area contributed by atoms with Crippen LogP contribution < -0.4 is 15.5 Å². The first-order valence-corrected chi connectivity index (χ1v) is 17.2. The van der Waals surface area contributed by atoms with Gasteiger partial charge < -0.3 is 10.6 Å². The summed E-state index contributed by atoms with van der Waals surface area (Å²) in [6.07, 6.45) is 6.36. The zero-order valence-corrected chi connectivity index (χ0v) is 29.1. The van der Waals surface area contributed by atoms with Crippen LogP contribution in [0.2, 0.25) is 0 Å². The van der Waals surface area contributed by atoms with Crippen molar-refractivity contribution in [1.29, 1.82) is 0 Å².